The number of halogens is 1. The molecule has 1 aliphatic rings. The van der Waals surface area contributed by atoms with Gasteiger partial charge in [0.05, 0.1) is 7.11 Å². The number of nitrogens with one attached hydrogen (secondary N) is 2. The van der Waals surface area contributed by atoms with Crippen molar-refractivity contribution in [1.82, 2.24) is 10.6 Å². The van der Waals surface area contributed by atoms with Crippen molar-refractivity contribution in [3.8, 4) is 0 Å². The van der Waals surface area contributed by atoms with Crippen molar-refractivity contribution in [3.63, 3.8) is 0 Å². The number of hydrogen-bond acceptors (Lipinski definition) is 4. The van der Waals surface area contributed by atoms with Gasteiger partial charge >= 0.3 is 5.97 Å². The van der Waals surface area contributed by atoms with Crippen molar-refractivity contribution in [1.29, 1.82) is 0 Å². The van der Waals surface area contributed by atoms with Crippen molar-refractivity contribution in [2.45, 2.75) is 43.7 Å². The molecule has 2 aromatic rings. The van der Waals surface area contributed by atoms with Gasteiger partial charge in [-0.1, -0.05) is 42.5 Å². The first kappa shape index (κ1) is 21.5. The summed E-state index contributed by atoms with van der Waals surface area (Å²) in [5, 5.41) is 5.73. The second kappa shape index (κ2) is 9.52. The third-order valence-electron chi connectivity index (χ3n) is 5.40. The summed E-state index contributed by atoms with van der Waals surface area (Å²) in [6, 6.07) is 14.1. The largest absolute Gasteiger partial charge is 0.467 e. The molecule has 7 heteroatoms. The Morgan fingerprint density at radius 3 is 2.47 bits per heavy atom. The smallest absolute Gasteiger partial charge is 0.333 e. The van der Waals surface area contributed by atoms with Crippen molar-refractivity contribution in [2.24, 2.45) is 0 Å². The summed E-state index contributed by atoms with van der Waals surface area (Å²) in [5.74, 6) is -1.25. The van der Waals surface area contributed by atoms with Crippen LogP contribution in [0.4, 0.5) is 4.39 Å². The second-order valence-corrected chi connectivity index (χ2v) is 7.57. The monoisotopic (exact) mass is 412 g/mol. The van der Waals surface area contributed by atoms with E-state index < -0.39 is 17.6 Å². The molecule has 3 rings (SSSR count). The fourth-order valence-corrected chi connectivity index (χ4v) is 3.80. The van der Waals surface area contributed by atoms with Gasteiger partial charge in [-0.05, 0) is 42.5 Å². The third kappa shape index (κ3) is 5.43. The number of ether oxygens (including phenoxy) is 1. The van der Waals surface area contributed by atoms with Gasteiger partial charge in [0.25, 0.3) is 0 Å². The Morgan fingerprint density at radius 2 is 1.87 bits per heavy atom. The summed E-state index contributed by atoms with van der Waals surface area (Å²) in [6.45, 7) is 0. The van der Waals surface area contributed by atoms with E-state index >= 15 is 0 Å². The highest BCUT2D eigenvalue weighted by Crippen LogP contribution is 2.30. The van der Waals surface area contributed by atoms with E-state index in [9.17, 15) is 18.8 Å². The quantitative estimate of drug-likeness (QED) is 0.653. The first-order chi connectivity index (χ1) is 14.4. The molecular weight excluding hydrogens is 387 g/mol. The highest BCUT2D eigenvalue weighted by Gasteiger charge is 2.38. The van der Waals surface area contributed by atoms with Crippen molar-refractivity contribution < 1.29 is 23.5 Å². The van der Waals surface area contributed by atoms with Crippen LogP contribution < -0.4 is 10.6 Å². The molecule has 1 aliphatic heterocycles. The molecule has 2 N–H and O–H groups in total. The average molecular weight is 412 g/mol. The van der Waals surface area contributed by atoms with Gasteiger partial charge in [0.15, 0.2) is 6.04 Å². The molecule has 6 nitrogen and oxygen atoms in total. The van der Waals surface area contributed by atoms with Crippen LogP contribution in [0.15, 0.2) is 54.6 Å². The molecule has 0 bridgehead atoms. The molecule has 0 aliphatic carbocycles. The van der Waals surface area contributed by atoms with Crippen LogP contribution in [0.25, 0.3) is 0 Å². The SMILES string of the molecule is COC(=O)[C@@H](NC(=O)CC[C@@]1(Cc2ccc(F)cc2)CCC(=O)N1)c1ccccc1. The van der Waals surface area contributed by atoms with Gasteiger partial charge in [0, 0.05) is 18.4 Å². The summed E-state index contributed by atoms with van der Waals surface area (Å²) >= 11 is 0. The normalized spacial score (nSPS) is 19.1. The molecule has 30 heavy (non-hydrogen) atoms. The standard InChI is InChI=1S/C23H25FN2O4/c1-30-22(29)21(17-5-3-2-4-6-17)25-19(27)11-13-23(14-12-20(28)26-23)15-16-7-9-18(24)10-8-16/h2-10,21H,11-15H2,1H3,(H,25,27)(H,26,28)/t21-,23-/m0/s1. The zero-order chi connectivity index (χ0) is 21.6. The van der Waals surface area contributed by atoms with E-state index in [1.165, 1.54) is 19.2 Å². The van der Waals surface area contributed by atoms with E-state index in [0.717, 1.165) is 5.56 Å². The van der Waals surface area contributed by atoms with Crippen molar-refractivity contribution in [3.05, 3.63) is 71.5 Å². The zero-order valence-electron chi connectivity index (χ0n) is 16.8. The number of carbonyl (C=O) groups is 3. The lowest BCUT2D eigenvalue weighted by Crippen LogP contribution is -2.45. The number of amides is 2. The molecule has 1 heterocycles. The maximum absolute atomic E-state index is 13.2. The highest BCUT2D eigenvalue weighted by atomic mass is 19.1. The lowest BCUT2D eigenvalue weighted by Gasteiger charge is -2.29. The van der Waals surface area contributed by atoms with Crippen LogP contribution in [-0.4, -0.2) is 30.4 Å². The summed E-state index contributed by atoms with van der Waals surface area (Å²) in [4.78, 5) is 36.7. The lowest BCUT2D eigenvalue weighted by atomic mass is 9.85. The minimum atomic E-state index is -0.894. The van der Waals surface area contributed by atoms with Crippen molar-refractivity contribution >= 4 is 17.8 Å². The molecule has 1 saturated heterocycles. The Bertz CT molecular complexity index is 901. The van der Waals surface area contributed by atoms with Gasteiger partial charge < -0.3 is 15.4 Å². The topological polar surface area (TPSA) is 84.5 Å². The molecule has 158 valence electrons. The van der Waals surface area contributed by atoms with Gasteiger partial charge in [-0.15, -0.1) is 0 Å². The van der Waals surface area contributed by atoms with E-state index in [1.54, 1.807) is 36.4 Å². The van der Waals surface area contributed by atoms with Crippen LogP contribution in [0.2, 0.25) is 0 Å². The van der Waals surface area contributed by atoms with E-state index in [1.807, 2.05) is 6.07 Å². The Kier molecular flexibility index (Phi) is 6.82. The number of esters is 1. The van der Waals surface area contributed by atoms with Gasteiger partial charge in [-0.25, -0.2) is 9.18 Å². The predicted molar refractivity (Wildman–Crippen MR) is 109 cm³/mol. The molecule has 2 amide bonds. The molecular formula is C23H25FN2O4. The number of benzene rings is 2. The van der Waals surface area contributed by atoms with Gasteiger partial charge in [-0.3, -0.25) is 9.59 Å². The van der Waals surface area contributed by atoms with Crippen LogP contribution >= 0.6 is 0 Å². The number of methoxy groups -OCH3 is 1. The molecule has 0 aromatic heterocycles. The third-order valence-corrected chi connectivity index (χ3v) is 5.40. The highest BCUT2D eigenvalue weighted by molar-refractivity contribution is 5.85. The zero-order valence-corrected chi connectivity index (χ0v) is 16.8. The Morgan fingerprint density at radius 1 is 1.17 bits per heavy atom. The van der Waals surface area contributed by atoms with Crippen molar-refractivity contribution in [2.75, 3.05) is 7.11 Å². The van der Waals surface area contributed by atoms with Gasteiger partial charge in [-0.2, -0.15) is 0 Å². The van der Waals surface area contributed by atoms with Crippen LogP contribution in [0.1, 0.15) is 42.9 Å². The van der Waals surface area contributed by atoms with E-state index in [0.29, 0.717) is 31.2 Å². The fraction of sp³-hybridized carbons (Fsp3) is 0.348. The van der Waals surface area contributed by atoms with Gasteiger partial charge in [0.1, 0.15) is 5.82 Å². The molecule has 2 aromatic carbocycles. The first-order valence-corrected chi connectivity index (χ1v) is 9.88. The van der Waals surface area contributed by atoms with Crippen LogP contribution in [-0.2, 0) is 25.5 Å². The van der Waals surface area contributed by atoms with Gasteiger partial charge in [0.2, 0.25) is 11.8 Å². The molecule has 0 unspecified atom stereocenters. The van der Waals surface area contributed by atoms with E-state index in [-0.39, 0.29) is 24.1 Å². The minimum Gasteiger partial charge on any atom is -0.467 e. The molecule has 2 atom stereocenters. The lowest BCUT2D eigenvalue weighted by molar-refractivity contribution is -0.145. The Balaban J connectivity index is 1.67. The second-order valence-electron chi connectivity index (χ2n) is 7.57. The molecule has 0 saturated carbocycles. The summed E-state index contributed by atoms with van der Waals surface area (Å²) in [5.41, 5.74) is 0.948. The predicted octanol–water partition coefficient (Wildman–Crippen LogP) is 2.83. The number of carbonyl (C=O) groups excluding carboxylic acids is 3. The van der Waals surface area contributed by atoms with E-state index in [4.69, 9.17) is 4.74 Å². The van der Waals surface area contributed by atoms with E-state index in [2.05, 4.69) is 10.6 Å². The summed E-state index contributed by atoms with van der Waals surface area (Å²) in [6.07, 6.45) is 2.02. The minimum absolute atomic E-state index is 0.0609. The number of rotatable bonds is 8. The molecule has 0 radical (unpaired) electrons. The first-order valence-electron chi connectivity index (χ1n) is 9.88. The number of hydrogen-bond donors (Lipinski definition) is 2. The average Bonchev–Trinajstić information content (AvgIpc) is 3.13. The maximum atomic E-state index is 13.2. The Labute approximate surface area is 174 Å². The Hall–Kier alpha value is -3.22. The van der Waals surface area contributed by atoms with Crippen LogP contribution in [0, 0.1) is 5.82 Å². The fourth-order valence-electron chi connectivity index (χ4n) is 3.80. The van der Waals surface area contributed by atoms with Crippen LogP contribution in [0.5, 0.6) is 0 Å². The summed E-state index contributed by atoms with van der Waals surface area (Å²) < 4.78 is 18.0. The maximum Gasteiger partial charge on any atom is 0.333 e. The molecule has 0 spiro atoms. The molecule has 1 fully saturated rings. The summed E-state index contributed by atoms with van der Waals surface area (Å²) in [7, 11) is 1.27. The van der Waals surface area contributed by atoms with Crippen LogP contribution in [0.3, 0.4) is 0 Å².